The molecule has 0 unspecified atom stereocenters. The van der Waals surface area contributed by atoms with Crippen molar-refractivity contribution >= 4 is 0 Å². The molecule has 0 amide bonds. The first kappa shape index (κ1) is 5.71. The number of hydrogen-bond donors (Lipinski definition) is 1. The SMILES string of the molecule is N[n+]1ccc(C2CC2)cc1. The number of pyridine rings is 1. The molecule has 0 spiro atoms. The summed E-state index contributed by atoms with van der Waals surface area (Å²) in [7, 11) is 0. The zero-order valence-corrected chi connectivity index (χ0v) is 5.83. The average molecular weight is 135 g/mol. The maximum absolute atomic E-state index is 5.46. The lowest BCUT2D eigenvalue weighted by atomic mass is 10.2. The lowest BCUT2D eigenvalue weighted by Gasteiger charge is -1.91. The standard InChI is InChI=1S/C8H11N2/c9-10-5-3-8(4-6-10)7-1-2-7/h3-7H,1-2,9H2/q+1. The number of nitrogen functional groups attached to an aromatic ring is 1. The first-order valence-electron chi connectivity index (χ1n) is 3.62. The molecule has 1 saturated carbocycles. The molecule has 0 aliphatic heterocycles. The Morgan fingerprint density at radius 2 is 1.90 bits per heavy atom. The molecule has 1 aromatic rings. The lowest BCUT2D eigenvalue weighted by molar-refractivity contribution is -0.639. The molecule has 0 saturated heterocycles. The highest BCUT2D eigenvalue weighted by molar-refractivity contribution is 5.18. The molecule has 1 heterocycles. The second-order valence-electron chi connectivity index (χ2n) is 2.85. The number of hydrogen-bond acceptors (Lipinski definition) is 1. The third-order valence-corrected chi connectivity index (χ3v) is 1.93. The smallest absolute Gasteiger partial charge is 0.199 e. The molecule has 1 aromatic heterocycles. The Hall–Kier alpha value is -1.05. The maximum Gasteiger partial charge on any atom is 0.199 e. The summed E-state index contributed by atoms with van der Waals surface area (Å²) in [6, 6.07) is 4.19. The molecule has 2 N–H and O–H groups in total. The molecule has 52 valence electrons. The molecule has 1 fully saturated rings. The molecule has 2 nitrogen and oxygen atoms in total. The van der Waals surface area contributed by atoms with Crippen LogP contribution >= 0.6 is 0 Å². The van der Waals surface area contributed by atoms with E-state index in [1.165, 1.54) is 18.4 Å². The molecule has 2 heteroatoms. The largest absolute Gasteiger partial charge is 0.205 e. The number of nitrogens with two attached hydrogens (primary N) is 1. The summed E-state index contributed by atoms with van der Waals surface area (Å²) in [5.74, 6) is 6.30. The predicted octanol–water partition coefficient (Wildman–Crippen LogP) is 0.565. The van der Waals surface area contributed by atoms with Crippen LogP contribution in [-0.4, -0.2) is 0 Å². The van der Waals surface area contributed by atoms with Gasteiger partial charge < -0.3 is 0 Å². The Morgan fingerprint density at radius 3 is 2.40 bits per heavy atom. The molecule has 1 aliphatic carbocycles. The van der Waals surface area contributed by atoms with Gasteiger partial charge in [0.05, 0.1) is 0 Å². The summed E-state index contributed by atoms with van der Waals surface area (Å²) < 4.78 is 1.58. The number of nitrogens with zero attached hydrogens (tertiary/aromatic N) is 1. The highest BCUT2D eigenvalue weighted by Crippen LogP contribution is 2.39. The van der Waals surface area contributed by atoms with E-state index in [1.54, 1.807) is 4.68 Å². The van der Waals surface area contributed by atoms with Crippen LogP contribution in [0.5, 0.6) is 0 Å². The van der Waals surface area contributed by atoms with Crippen LogP contribution in [0.1, 0.15) is 24.3 Å². The summed E-state index contributed by atoms with van der Waals surface area (Å²) in [4.78, 5) is 0. The summed E-state index contributed by atoms with van der Waals surface area (Å²) in [5.41, 5.74) is 1.43. The van der Waals surface area contributed by atoms with Gasteiger partial charge in [-0.2, -0.15) is 0 Å². The van der Waals surface area contributed by atoms with Gasteiger partial charge in [-0.15, -0.1) is 0 Å². The van der Waals surface area contributed by atoms with Crippen LogP contribution < -0.4 is 10.5 Å². The Kier molecular flexibility index (Phi) is 1.13. The third-order valence-electron chi connectivity index (χ3n) is 1.93. The normalized spacial score (nSPS) is 17.2. The van der Waals surface area contributed by atoms with Gasteiger partial charge in [-0.25, -0.2) is 5.84 Å². The van der Waals surface area contributed by atoms with Crippen molar-refractivity contribution in [2.75, 3.05) is 5.84 Å². The van der Waals surface area contributed by atoms with Crippen LogP contribution in [0.4, 0.5) is 0 Å². The van der Waals surface area contributed by atoms with Crippen molar-refractivity contribution in [2.24, 2.45) is 0 Å². The van der Waals surface area contributed by atoms with Crippen molar-refractivity contribution in [1.29, 1.82) is 0 Å². The van der Waals surface area contributed by atoms with Gasteiger partial charge in [-0.05, 0) is 24.3 Å². The Labute approximate surface area is 60.3 Å². The van der Waals surface area contributed by atoms with Crippen LogP contribution in [0.3, 0.4) is 0 Å². The monoisotopic (exact) mass is 135 g/mol. The van der Waals surface area contributed by atoms with Gasteiger partial charge in [-0.3, -0.25) is 0 Å². The van der Waals surface area contributed by atoms with Gasteiger partial charge in [0.2, 0.25) is 0 Å². The molecular weight excluding hydrogens is 124 g/mol. The molecular formula is C8H11N2+. The van der Waals surface area contributed by atoms with Gasteiger partial charge in [0.1, 0.15) is 0 Å². The van der Waals surface area contributed by atoms with Crippen LogP contribution in [0.2, 0.25) is 0 Å². The first-order chi connectivity index (χ1) is 4.86. The van der Waals surface area contributed by atoms with E-state index >= 15 is 0 Å². The zero-order valence-electron chi connectivity index (χ0n) is 5.83. The summed E-state index contributed by atoms with van der Waals surface area (Å²) >= 11 is 0. The van der Waals surface area contributed by atoms with Crippen molar-refractivity contribution in [2.45, 2.75) is 18.8 Å². The van der Waals surface area contributed by atoms with Gasteiger partial charge >= 0.3 is 0 Å². The molecule has 1 aliphatic rings. The van der Waals surface area contributed by atoms with E-state index in [2.05, 4.69) is 12.1 Å². The fourth-order valence-electron chi connectivity index (χ4n) is 1.14. The fourth-order valence-corrected chi connectivity index (χ4v) is 1.14. The van der Waals surface area contributed by atoms with E-state index < -0.39 is 0 Å². The number of aromatic nitrogens is 1. The second-order valence-corrected chi connectivity index (χ2v) is 2.85. The highest BCUT2D eigenvalue weighted by atomic mass is 15.3. The van der Waals surface area contributed by atoms with Crippen LogP contribution in [0.25, 0.3) is 0 Å². The molecule has 0 radical (unpaired) electrons. The second kappa shape index (κ2) is 1.97. The van der Waals surface area contributed by atoms with Gasteiger partial charge in [0, 0.05) is 12.1 Å². The number of rotatable bonds is 1. The quantitative estimate of drug-likeness (QED) is 0.442. The van der Waals surface area contributed by atoms with Crippen LogP contribution in [0, 0.1) is 0 Å². The summed E-state index contributed by atoms with van der Waals surface area (Å²) in [6.45, 7) is 0. The Morgan fingerprint density at radius 1 is 1.30 bits per heavy atom. The van der Waals surface area contributed by atoms with Crippen LogP contribution in [-0.2, 0) is 0 Å². The van der Waals surface area contributed by atoms with E-state index in [9.17, 15) is 0 Å². The van der Waals surface area contributed by atoms with E-state index in [0.29, 0.717) is 0 Å². The van der Waals surface area contributed by atoms with Crippen molar-refractivity contribution in [3.63, 3.8) is 0 Å². The van der Waals surface area contributed by atoms with E-state index in [1.807, 2.05) is 12.4 Å². The van der Waals surface area contributed by atoms with E-state index in [-0.39, 0.29) is 0 Å². The van der Waals surface area contributed by atoms with Crippen molar-refractivity contribution < 1.29 is 4.68 Å². The Bertz CT molecular complexity index is 224. The lowest BCUT2D eigenvalue weighted by Crippen LogP contribution is -2.43. The van der Waals surface area contributed by atoms with E-state index in [0.717, 1.165) is 5.92 Å². The molecule has 0 atom stereocenters. The Balaban J connectivity index is 2.28. The minimum absolute atomic E-state index is 0.834. The first-order valence-corrected chi connectivity index (χ1v) is 3.62. The molecule has 2 rings (SSSR count). The summed E-state index contributed by atoms with van der Waals surface area (Å²) in [6.07, 6.45) is 6.50. The average Bonchev–Trinajstić information content (AvgIpc) is 2.71. The summed E-state index contributed by atoms with van der Waals surface area (Å²) in [5, 5.41) is 0. The van der Waals surface area contributed by atoms with Crippen molar-refractivity contribution in [3.05, 3.63) is 30.1 Å². The topological polar surface area (TPSA) is 29.9 Å². The fraction of sp³-hybridized carbons (Fsp3) is 0.375. The van der Waals surface area contributed by atoms with Gasteiger partial charge in [-0.1, -0.05) is 4.68 Å². The van der Waals surface area contributed by atoms with Gasteiger partial charge in [0.25, 0.3) is 0 Å². The van der Waals surface area contributed by atoms with Crippen LogP contribution in [0.15, 0.2) is 24.5 Å². The minimum Gasteiger partial charge on any atom is -0.205 e. The minimum atomic E-state index is 0.834. The van der Waals surface area contributed by atoms with Gasteiger partial charge in [0.15, 0.2) is 12.4 Å². The van der Waals surface area contributed by atoms with Crippen molar-refractivity contribution in [3.8, 4) is 0 Å². The third kappa shape index (κ3) is 0.967. The zero-order chi connectivity index (χ0) is 6.97. The maximum atomic E-state index is 5.46. The highest BCUT2D eigenvalue weighted by Gasteiger charge is 2.23. The molecule has 0 bridgehead atoms. The molecule has 10 heavy (non-hydrogen) atoms. The van der Waals surface area contributed by atoms with E-state index in [4.69, 9.17) is 5.84 Å². The predicted molar refractivity (Wildman–Crippen MR) is 38.8 cm³/mol. The van der Waals surface area contributed by atoms with Crippen molar-refractivity contribution in [1.82, 2.24) is 0 Å². The molecule has 0 aromatic carbocycles.